The number of nitrogens with zero attached hydrogens (tertiary/aromatic N) is 1. The van der Waals surface area contributed by atoms with Crippen LogP contribution in [0.5, 0.6) is 11.5 Å². The summed E-state index contributed by atoms with van der Waals surface area (Å²) >= 11 is 0. The van der Waals surface area contributed by atoms with Crippen LogP contribution in [0.15, 0.2) is 36.5 Å². The molecule has 2 aromatic rings. The number of aromatic nitrogens is 1. The fourth-order valence-electron chi connectivity index (χ4n) is 5.86. The molecular formula is C24H28N2O5. The second kappa shape index (κ2) is 6.93. The van der Waals surface area contributed by atoms with E-state index in [2.05, 4.69) is 24.1 Å². The molecule has 4 N–H and O–H groups in total. The van der Waals surface area contributed by atoms with Crippen LogP contribution in [-0.2, 0) is 6.42 Å². The Hall–Kier alpha value is -2.64. The average Bonchev–Trinajstić information content (AvgIpc) is 2.74. The summed E-state index contributed by atoms with van der Waals surface area (Å²) in [6.07, 6.45) is 1.90. The number of pyridine rings is 1. The van der Waals surface area contributed by atoms with Gasteiger partial charge in [0.25, 0.3) is 5.91 Å². The van der Waals surface area contributed by atoms with Crippen LogP contribution in [0.3, 0.4) is 0 Å². The van der Waals surface area contributed by atoms with Crippen LogP contribution < -0.4 is 10.1 Å². The van der Waals surface area contributed by atoms with Crippen LogP contribution in [-0.4, -0.2) is 44.5 Å². The maximum atomic E-state index is 12.9. The molecule has 0 radical (unpaired) electrons. The molecule has 7 nitrogen and oxygen atoms in total. The van der Waals surface area contributed by atoms with Crippen molar-refractivity contribution in [3.63, 3.8) is 0 Å². The quantitative estimate of drug-likeness (QED) is 0.600. The molecule has 2 bridgehead atoms. The third-order valence-electron chi connectivity index (χ3n) is 7.82. The molecule has 5 atom stereocenters. The summed E-state index contributed by atoms with van der Waals surface area (Å²) in [5.74, 6) is -0.227. The van der Waals surface area contributed by atoms with Crippen LogP contribution in [0, 0.1) is 17.3 Å². The lowest BCUT2D eigenvalue weighted by molar-refractivity contribution is -0.289. The monoisotopic (exact) mass is 424 g/mol. The van der Waals surface area contributed by atoms with Gasteiger partial charge in [-0.1, -0.05) is 19.9 Å². The SMILES string of the molecule is CC1(C)[C@@H]2C[C@H]1[C@@]1(O)[C@@H](C2)Oc2c(ccc(O)c2C(=O)NCCc2ccccn2)[C@@H]1O. The van der Waals surface area contributed by atoms with E-state index in [4.69, 9.17) is 4.74 Å². The van der Waals surface area contributed by atoms with E-state index in [9.17, 15) is 20.1 Å². The lowest BCUT2D eigenvalue weighted by Gasteiger charge is -2.67. The molecule has 2 heterocycles. The smallest absolute Gasteiger partial charge is 0.258 e. The van der Waals surface area contributed by atoms with Crippen LogP contribution in [0.2, 0.25) is 0 Å². The van der Waals surface area contributed by atoms with E-state index in [1.165, 1.54) is 12.1 Å². The summed E-state index contributed by atoms with van der Waals surface area (Å²) in [5.41, 5.74) is -0.293. The minimum Gasteiger partial charge on any atom is -0.507 e. The molecule has 1 aliphatic heterocycles. The molecule has 31 heavy (non-hydrogen) atoms. The van der Waals surface area contributed by atoms with Gasteiger partial charge in [0.2, 0.25) is 0 Å². The van der Waals surface area contributed by atoms with E-state index in [0.29, 0.717) is 30.9 Å². The number of carbonyl (C=O) groups excluding carboxylic acids is 1. The van der Waals surface area contributed by atoms with Crippen molar-refractivity contribution in [1.82, 2.24) is 10.3 Å². The fourth-order valence-corrected chi connectivity index (χ4v) is 5.86. The zero-order chi connectivity index (χ0) is 22.0. The summed E-state index contributed by atoms with van der Waals surface area (Å²) in [4.78, 5) is 17.2. The lowest BCUT2D eigenvalue weighted by atomic mass is 9.42. The molecule has 4 aliphatic rings. The van der Waals surface area contributed by atoms with Gasteiger partial charge >= 0.3 is 0 Å². The van der Waals surface area contributed by atoms with Gasteiger partial charge in [-0.15, -0.1) is 0 Å². The van der Waals surface area contributed by atoms with Crippen molar-refractivity contribution in [3.05, 3.63) is 53.3 Å². The largest absolute Gasteiger partial charge is 0.507 e. The van der Waals surface area contributed by atoms with Crippen molar-refractivity contribution in [3.8, 4) is 11.5 Å². The Morgan fingerprint density at radius 1 is 1.26 bits per heavy atom. The molecule has 3 aliphatic carbocycles. The Morgan fingerprint density at radius 2 is 2.06 bits per heavy atom. The van der Waals surface area contributed by atoms with Crippen LogP contribution in [0.4, 0.5) is 0 Å². The molecule has 3 saturated carbocycles. The van der Waals surface area contributed by atoms with E-state index in [0.717, 1.165) is 12.1 Å². The van der Waals surface area contributed by atoms with Gasteiger partial charge < -0.3 is 25.4 Å². The average molecular weight is 424 g/mol. The van der Waals surface area contributed by atoms with E-state index >= 15 is 0 Å². The summed E-state index contributed by atoms with van der Waals surface area (Å²) in [6.45, 7) is 4.59. The molecule has 6 rings (SSSR count). The molecule has 1 aromatic heterocycles. The predicted molar refractivity (Wildman–Crippen MR) is 113 cm³/mol. The van der Waals surface area contributed by atoms with Crippen molar-refractivity contribution in [2.45, 2.75) is 50.9 Å². The first-order chi connectivity index (χ1) is 14.7. The van der Waals surface area contributed by atoms with Gasteiger partial charge in [0.15, 0.2) is 0 Å². The second-order valence-corrected chi connectivity index (χ2v) is 9.64. The number of benzene rings is 1. The summed E-state index contributed by atoms with van der Waals surface area (Å²) < 4.78 is 6.16. The summed E-state index contributed by atoms with van der Waals surface area (Å²) in [5, 5.41) is 36.0. The molecule has 1 amide bonds. The van der Waals surface area contributed by atoms with Crippen LogP contribution in [0.1, 0.15) is 54.4 Å². The summed E-state index contributed by atoms with van der Waals surface area (Å²) in [6, 6.07) is 8.50. The third-order valence-corrected chi connectivity index (χ3v) is 7.82. The van der Waals surface area contributed by atoms with Crippen molar-refractivity contribution in [1.29, 1.82) is 0 Å². The number of hydrogen-bond donors (Lipinski definition) is 4. The first-order valence-corrected chi connectivity index (χ1v) is 10.9. The minimum atomic E-state index is -1.41. The van der Waals surface area contributed by atoms with Crippen molar-refractivity contribution in [2.75, 3.05) is 6.54 Å². The van der Waals surface area contributed by atoms with Gasteiger partial charge in [-0.3, -0.25) is 9.78 Å². The van der Waals surface area contributed by atoms with Crippen LogP contribution in [0.25, 0.3) is 0 Å². The van der Waals surface area contributed by atoms with Crippen LogP contribution >= 0.6 is 0 Å². The molecule has 0 saturated heterocycles. The number of hydrogen-bond acceptors (Lipinski definition) is 6. The maximum absolute atomic E-state index is 12.9. The van der Waals surface area contributed by atoms with Crippen molar-refractivity contribution >= 4 is 5.91 Å². The Balaban J connectivity index is 1.42. The Morgan fingerprint density at radius 3 is 2.77 bits per heavy atom. The number of phenols is 1. The highest BCUT2D eigenvalue weighted by Gasteiger charge is 2.69. The molecular weight excluding hydrogens is 396 g/mol. The fraction of sp³-hybridized carbons (Fsp3) is 0.500. The van der Waals surface area contributed by atoms with Crippen molar-refractivity contribution < 1.29 is 24.9 Å². The Labute approximate surface area is 181 Å². The zero-order valence-corrected chi connectivity index (χ0v) is 17.7. The van der Waals surface area contributed by atoms with Gasteiger partial charge in [0, 0.05) is 30.4 Å². The number of phenolic OH excluding ortho intramolecular Hbond substituents is 1. The minimum absolute atomic E-state index is 0.00173. The number of aliphatic hydroxyl groups is 2. The lowest BCUT2D eigenvalue weighted by Crippen LogP contribution is -2.72. The molecule has 1 aromatic carbocycles. The molecule has 0 unspecified atom stereocenters. The standard InChI is InChI=1S/C24H28N2O5/c1-23(2)13-11-17(23)24(30)18(12-13)31-20-15(21(24)28)6-7-16(27)19(20)22(29)26-10-8-14-5-3-4-9-25-14/h3-7,9,13,17-18,21,27-28,30H,8,10-12H2,1-2H3,(H,26,29)/t13-,17-,18-,21+,24-/m1/s1. The normalized spacial score (nSPS) is 32.1. The van der Waals surface area contributed by atoms with Gasteiger partial charge in [-0.05, 0) is 54.4 Å². The number of nitrogens with one attached hydrogen (secondary N) is 1. The molecule has 164 valence electrons. The first kappa shape index (κ1) is 20.3. The van der Waals surface area contributed by atoms with Gasteiger partial charge in [-0.25, -0.2) is 0 Å². The zero-order valence-electron chi connectivity index (χ0n) is 17.7. The Kier molecular flexibility index (Phi) is 4.53. The molecule has 0 spiro atoms. The first-order valence-electron chi connectivity index (χ1n) is 10.9. The number of aliphatic hydroxyl groups excluding tert-OH is 1. The topological polar surface area (TPSA) is 112 Å². The number of aromatic hydroxyl groups is 1. The number of fused-ring (bicyclic) bond motifs is 1. The Bertz CT molecular complexity index is 1020. The number of amides is 1. The van der Waals surface area contributed by atoms with E-state index < -0.39 is 23.7 Å². The highest BCUT2D eigenvalue weighted by atomic mass is 16.5. The molecule has 3 fully saturated rings. The third kappa shape index (κ3) is 2.87. The number of ether oxygens (including phenoxy) is 1. The molecule has 7 heteroatoms. The van der Waals surface area contributed by atoms with E-state index in [-0.39, 0.29) is 28.4 Å². The van der Waals surface area contributed by atoms with E-state index in [1.807, 2.05) is 18.2 Å². The van der Waals surface area contributed by atoms with Crippen molar-refractivity contribution in [2.24, 2.45) is 17.3 Å². The highest BCUT2D eigenvalue weighted by Crippen LogP contribution is 2.67. The number of carbonyl (C=O) groups is 1. The highest BCUT2D eigenvalue weighted by molar-refractivity contribution is 6.00. The van der Waals surface area contributed by atoms with Gasteiger partial charge in [0.1, 0.15) is 34.9 Å². The second-order valence-electron chi connectivity index (χ2n) is 9.64. The van der Waals surface area contributed by atoms with Gasteiger partial charge in [0.05, 0.1) is 0 Å². The number of rotatable bonds is 4. The predicted octanol–water partition coefficient (Wildman–Crippen LogP) is 2.35. The maximum Gasteiger partial charge on any atom is 0.258 e. The van der Waals surface area contributed by atoms with Gasteiger partial charge in [-0.2, -0.15) is 0 Å². The van der Waals surface area contributed by atoms with E-state index in [1.54, 1.807) is 6.20 Å². The summed E-state index contributed by atoms with van der Waals surface area (Å²) in [7, 11) is 0.